The first-order valence-electron chi connectivity index (χ1n) is 13.4. The van der Waals surface area contributed by atoms with Gasteiger partial charge < -0.3 is 0 Å². The molecule has 0 bridgehead atoms. The summed E-state index contributed by atoms with van der Waals surface area (Å²) in [6, 6.07) is 12.7. The van der Waals surface area contributed by atoms with Gasteiger partial charge in [-0.3, -0.25) is 4.99 Å². The lowest BCUT2D eigenvalue weighted by atomic mass is 10.0. The molecule has 2 aromatic rings. The maximum Gasteiger partial charge on any atom is 0.175 e. The highest BCUT2D eigenvalue weighted by Crippen LogP contribution is 2.27. The second-order valence-electron chi connectivity index (χ2n) is 9.32. The summed E-state index contributed by atoms with van der Waals surface area (Å²) in [5.41, 5.74) is 3.85. The van der Waals surface area contributed by atoms with Crippen LogP contribution in [0, 0.1) is 18.8 Å². The molecule has 0 aliphatic rings. The minimum Gasteiger partial charge on any atom is -0.264 e. The Hall–Kier alpha value is -1.94. The van der Waals surface area contributed by atoms with E-state index in [1.54, 1.807) is 24.3 Å². The molecule has 0 N–H and O–H groups in total. The van der Waals surface area contributed by atoms with E-state index in [2.05, 4.69) is 53.3 Å². The molecule has 0 unspecified atom stereocenters. The van der Waals surface area contributed by atoms with E-state index in [1.165, 1.54) is 44.8 Å². The molecule has 4 heteroatoms. The van der Waals surface area contributed by atoms with Crippen LogP contribution in [-0.4, -0.2) is 21.4 Å². The van der Waals surface area contributed by atoms with Gasteiger partial charge in [-0.1, -0.05) is 118 Å². The predicted molar refractivity (Wildman–Crippen MR) is 159 cm³/mol. The summed E-state index contributed by atoms with van der Waals surface area (Å²) in [4.78, 5) is 4.29. The van der Waals surface area contributed by atoms with Gasteiger partial charge in [-0.15, -0.1) is 0 Å². The lowest BCUT2D eigenvalue weighted by molar-refractivity contribution is 0.480. The smallest absolute Gasteiger partial charge is 0.175 e. The third-order valence-corrected chi connectivity index (χ3v) is 6.55. The zero-order chi connectivity index (χ0) is 27.4. The van der Waals surface area contributed by atoms with Crippen LogP contribution in [0.3, 0.4) is 0 Å². The molecule has 0 saturated carbocycles. The Morgan fingerprint density at radius 1 is 0.800 bits per heavy atom. The average molecular weight is 504 g/mol. The van der Waals surface area contributed by atoms with E-state index < -0.39 is 9.84 Å². The van der Waals surface area contributed by atoms with Crippen LogP contribution in [0.1, 0.15) is 99.5 Å². The Morgan fingerprint density at radius 2 is 1.26 bits per heavy atom. The summed E-state index contributed by atoms with van der Waals surface area (Å²) in [5.74, 6) is 1.86. The molecule has 0 aromatic heterocycles. The van der Waals surface area contributed by atoms with Crippen molar-refractivity contribution < 1.29 is 8.42 Å². The van der Waals surface area contributed by atoms with Crippen molar-refractivity contribution in [1.29, 1.82) is 0 Å². The van der Waals surface area contributed by atoms with Crippen LogP contribution in [0.5, 0.6) is 0 Å². The van der Waals surface area contributed by atoms with Crippen molar-refractivity contribution >= 4 is 22.2 Å². The highest BCUT2D eigenvalue weighted by atomic mass is 32.2. The second kappa shape index (κ2) is 20.3. The second-order valence-corrected chi connectivity index (χ2v) is 11.3. The van der Waals surface area contributed by atoms with Crippen molar-refractivity contribution in [2.24, 2.45) is 16.8 Å². The van der Waals surface area contributed by atoms with E-state index >= 15 is 0 Å². The standard InChI is InChI=1S/C15H15NO2S.C8H18.C6H14.C2H6/c1-11-4-5-13(10-15(11)16-2)12-6-8-14(9-7-12)19(3,17)18;1-4-6-8(3)7-5-2;1-4-5-6(2)3;1-2/h4-10H,2H2,1,3H3;8H,4-7H2,1-3H3;6H,4-5H2,1-3H3;1-2H3. The van der Waals surface area contributed by atoms with E-state index in [9.17, 15) is 8.42 Å². The fraction of sp³-hybridized carbons (Fsp3) is 0.581. The van der Waals surface area contributed by atoms with E-state index in [4.69, 9.17) is 0 Å². The lowest BCUT2D eigenvalue weighted by Crippen LogP contribution is -1.96. The van der Waals surface area contributed by atoms with E-state index in [0.29, 0.717) is 4.90 Å². The van der Waals surface area contributed by atoms with Gasteiger partial charge in [0.25, 0.3) is 0 Å². The van der Waals surface area contributed by atoms with Crippen LogP contribution in [0.25, 0.3) is 11.1 Å². The van der Waals surface area contributed by atoms with Gasteiger partial charge in [0.15, 0.2) is 9.84 Å². The van der Waals surface area contributed by atoms with Gasteiger partial charge in [0.2, 0.25) is 0 Å². The maximum absolute atomic E-state index is 11.4. The first kappa shape index (κ1) is 35.2. The van der Waals surface area contributed by atoms with Crippen molar-refractivity contribution in [3.8, 4) is 11.1 Å². The zero-order valence-corrected chi connectivity index (χ0v) is 25.1. The molecular formula is C31H53NO2S. The molecule has 0 aliphatic heterocycles. The average Bonchev–Trinajstić information content (AvgIpc) is 2.81. The normalized spacial score (nSPS) is 10.4. The Balaban J connectivity index is 0. The highest BCUT2D eigenvalue weighted by molar-refractivity contribution is 7.90. The molecule has 0 heterocycles. The summed E-state index contributed by atoms with van der Waals surface area (Å²) < 4.78 is 22.8. The first-order valence-corrected chi connectivity index (χ1v) is 15.3. The number of hydrogen-bond acceptors (Lipinski definition) is 3. The maximum atomic E-state index is 11.4. The molecule has 0 aliphatic carbocycles. The fourth-order valence-corrected chi connectivity index (χ4v) is 4.19. The number of rotatable bonds is 9. The molecule has 0 atom stereocenters. The van der Waals surface area contributed by atoms with Crippen molar-refractivity contribution in [2.45, 2.75) is 106 Å². The number of benzene rings is 2. The Kier molecular flexibility index (Phi) is 20.4. The van der Waals surface area contributed by atoms with Gasteiger partial charge in [0.1, 0.15) is 0 Å². The lowest BCUT2D eigenvalue weighted by Gasteiger charge is -2.06. The molecule has 35 heavy (non-hydrogen) atoms. The predicted octanol–water partition coefficient (Wildman–Crippen LogP) is 10.1. The molecule has 0 radical (unpaired) electrons. The molecule has 200 valence electrons. The zero-order valence-electron chi connectivity index (χ0n) is 24.3. The number of nitrogens with zero attached hydrogens (tertiary/aromatic N) is 1. The Morgan fingerprint density at radius 3 is 1.60 bits per heavy atom. The van der Waals surface area contributed by atoms with E-state index in [0.717, 1.165) is 34.2 Å². The van der Waals surface area contributed by atoms with Gasteiger partial charge in [-0.2, -0.15) is 0 Å². The summed E-state index contributed by atoms with van der Waals surface area (Å²) in [6.45, 7) is 23.1. The topological polar surface area (TPSA) is 46.5 Å². The SMILES string of the molecule is C=Nc1cc(-c2ccc(S(C)(=O)=O)cc2)ccc1C.CC.CCCC(C)C.CCCC(C)CCC. The number of sulfone groups is 1. The molecule has 0 spiro atoms. The number of hydrogen-bond donors (Lipinski definition) is 0. The third-order valence-electron chi connectivity index (χ3n) is 5.42. The minimum absolute atomic E-state index is 0.324. The van der Waals surface area contributed by atoms with Gasteiger partial charge >= 0.3 is 0 Å². The van der Waals surface area contributed by atoms with Gasteiger partial charge in [0.05, 0.1) is 10.6 Å². The summed E-state index contributed by atoms with van der Waals surface area (Å²) in [7, 11) is -3.15. The number of aryl methyl sites for hydroxylation is 1. The van der Waals surface area contributed by atoms with Gasteiger partial charge in [-0.25, -0.2) is 8.42 Å². The van der Waals surface area contributed by atoms with Gasteiger partial charge in [-0.05, 0) is 60.4 Å². The fourth-order valence-electron chi connectivity index (χ4n) is 3.56. The van der Waals surface area contributed by atoms with Gasteiger partial charge in [0, 0.05) is 6.26 Å². The van der Waals surface area contributed by atoms with E-state index in [-0.39, 0.29) is 0 Å². The summed E-state index contributed by atoms with van der Waals surface area (Å²) in [5, 5.41) is 0. The van der Waals surface area contributed by atoms with Crippen molar-refractivity contribution in [1.82, 2.24) is 0 Å². The van der Waals surface area contributed by atoms with Crippen LogP contribution in [0.4, 0.5) is 5.69 Å². The van der Waals surface area contributed by atoms with Crippen molar-refractivity contribution in [2.75, 3.05) is 6.26 Å². The molecule has 0 fully saturated rings. The molecule has 0 amide bonds. The van der Waals surface area contributed by atoms with E-state index in [1.807, 2.05) is 39.0 Å². The first-order chi connectivity index (χ1) is 16.5. The summed E-state index contributed by atoms with van der Waals surface area (Å²) >= 11 is 0. The monoisotopic (exact) mass is 503 g/mol. The minimum atomic E-state index is -3.15. The van der Waals surface area contributed by atoms with Crippen LogP contribution in [0.15, 0.2) is 52.4 Å². The molecular weight excluding hydrogens is 450 g/mol. The van der Waals surface area contributed by atoms with Crippen LogP contribution >= 0.6 is 0 Å². The van der Waals surface area contributed by atoms with Crippen molar-refractivity contribution in [3.05, 3.63) is 48.0 Å². The molecule has 3 nitrogen and oxygen atoms in total. The summed E-state index contributed by atoms with van der Waals surface area (Å²) in [6.07, 6.45) is 9.43. The highest BCUT2D eigenvalue weighted by Gasteiger charge is 2.07. The van der Waals surface area contributed by atoms with Crippen molar-refractivity contribution in [3.63, 3.8) is 0 Å². The Labute approximate surface area is 218 Å². The Bertz CT molecular complexity index is 894. The largest absolute Gasteiger partial charge is 0.264 e. The third kappa shape index (κ3) is 16.4. The quantitative estimate of drug-likeness (QED) is 0.319. The van der Waals surface area contributed by atoms with Crippen LogP contribution in [-0.2, 0) is 9.84 Å². The number of aliphatic imine (C=N–C) groups is 1. The molecule has 2 rings (SSSR count). The van der Waals surface area contributed by atoms with Crippen LogP contribution < -0.4 is 0 Å². The van der Waals surface area contributed by atoms with Crippen LogP contribution in [0.2, 0.25) is 0 Å². The molecule has 0 saturated heterocycles. The molecule has 2 aromatic carbocycles.